The van der Waals surface area contributed by atoms with Crippen molar-refractivity contribution in [2.75, 3.05) is 31.5 Å². The van der Waals surface area contributed by atoms with Crippen LogP contribution in [0.1, 0.15) is 33.6 Å². The van der Waals surface area contributed by atoms with Crippen LogP contribution >= 0.6 is 0 Å². The third kappa shape index (κ3) is 6.87. The Morgan fingerprint density at radius 3 is 2.39 bits per heavy atom. The molecule has 0 aliphatic carbocycles. The molecule has 0 saturated heterocycles. The molecule has 0 radical (unpaired) electrons. The van der Waals surface area contributed by atoms with Crippen molar-refractivity contribution in [2.45, 2.75) is 39.7 Å². The Balaban J connectivity index is 2.48. The first-order chi connectivity index (χ1) is 14.7. The molecule has 0 fully saturated rings. The molecule has 2 N–H and O–H groups in total. The molecule has 0 spiro atoms. The summed E-state index contributed by atoms with van der Waals surface area (Å²) in [5.74, 6) is -0.280. The van der Waals surface area contributed by atoms with Gasteiger partial charge in [-0.05, 0) is 35.9 Å². The lowest BCUT2D eigenvalue weighted by atomic mass is 10.1. The predicted octanol–water partition coefficient (Wildman–Crippen LogP) is 3.74. The van der Waals surface area contributed by atoms with Crippen molar-refractivity contribution in [3.63, 3.8) is 0 Å². The highest BCUT2D eigenvalue weighted by Crippen LogP contribution is 2.36. The molecule has 0 bridgehead atoms. The average molecular weight is 431 g/mol. The molecule has 8 nitrogen and oxygen atoms in total. The first kappa shape index (κ1) is 24.0. The Morgan fingerprint density at radius 1 is 1.03 bits per heavy atom. The van der Waals surface area contributed by atoms with E-state index in [-0.39, 0.29) is 12.3 Å². The van der Waals surface area contributed by atoms with E-state index in [2.05, 4.69) is 24.5 Å². The van der Waals surface area contributed by atoms with Gasteiger partial charge in [-0.3, -0.25) is 9.59 Å². The first-order valence-electron chi connectivity index (χ1n) is 10.1. The third-order valence-corrected chi connectivity index (χ3v) is 4.66. The summed E-state index contributed by atoms with van der Waals surface area (Å²) in [6.45, 7) is 6.16. The van der Waals surface area contributed by atoms with E-state index in [1.807, 2.05) is 18.2 Å². The van der Waals surface area contributed by atoms with Crippen LogP contribution in [0.5, 0.6) is 5.75 Å². The Labute approximate surface area is 182 Å². The number of fused-ring (bicyclic) bond motifs is 1. The highest BCUT2D eigenvalue weighted by Gasteiger charge is 2.25. The topological polar surface area (TPSA) is 103 Å². The van der Waals surface area contributed by atoms with E-state index in [1.165, 1.54) is 21.1 Å². The van der Waals surface area contributed by atoms with Crippen LogP contribution in [0, 0.1) is 5.92 Å². The van der Waals surface area contributed by atoms with Gasteiger partial charge in [-0.1, -0.05) is 26.0 Å². The number of methoxy groups -OCH3 is 2. The molecule has 31 heavy (non-hydrogen) atoms. The Kier molecular flexibility index (Phi) is 8.66. The molecular formula is C23H30N2O6. The molecule has 2 aromatic rings. The van der Waals surface area contributed by atoms with E-state index >= 15 is 0 Å². The molecule has 0 aliphatic rings. The zero-order chi connectivity index (χ0) is 23.0. The predicted molar refractivity (Wildman–Crippen MR) is 119 cm³/mol. The van der Waals surface area contributed by atoms with Gasteiger partial charge in [0.05, 0.1) is 32.9 Å². The quantitative estimate of drug-likeness (QED) is 0.554. The van der Waals surface area contributed by atoms with Gasteiger partial charge in [-0.25, -0.2) is 4.79 Å². The standard InChI is InChI=1S/C23H30N2O6/c1-14(2)10-11-31-20-9-6-16-12-17(24-15(3)26)7-8-18(16)22(20)25-19(23(28)30-5)13-21(27)29-4/h6-9,12,14,19,25H,10-11,13H2,1-5H3,(H,24,26)/t19-/m0/s1. The molecule has 0 saturated carbocycles. The van der Waals surface area contributed by atoms with Gasteiger partial charge in [0, 0.05) is 18.0 Å². The van der Waals surface area contributed by atoms with Crippen molar-refractivity contribution in [3.8, 4) is 5.75 Å². The number of esters is 2. The lowest BCUT2D eigenvalue weighted by molar-refractivity contribution is -0.148. The van der Waals surface area contributed by atoms with Gasteiger partial charge in [0.25, 0.3) is 0 Å². The van der Waals surface area contributed by atoms with Gasteiger partial charge in [-0.15, -0.1) is 0 Å². The number of carbonyl (C=O) groups excluding carboxylic acids is 3. The molecule has 8 heteroatoms. The second-order valence-electron chi connectivity index (χ2n) is 7.59. The van der Waals surface area contributed by atoms with Crippen LogP contribution in [-0.4, -0.2) is 44.7 Å². The summed E-state index contributed by atoms with van der Waals surface area (Å²) in [5.41, 5.74) is 1.22. The van der Waals surface area contributed by atoms with Crippen LogP contribution in [0.3, 0.4) is 0 Å². The van der Waals surface area contributed by atoms with E-state index in [0.29, 0.717) is 29.6 Å². The summed E-state index contributed by atoms with van der Waals surface area (Å²) < 4.78 is 15.6. The number of nitrogens with one attached hydrogen (secondary N) is 2. The second-order valence-corrected chi connectivity index (χ2v) is 7.59. The molecule has 2 aromatic carbocycles. The molecular weight excluding hydrogens is 400 g/mol. The number of rotatable bonds is 10. The van der Waals surface area contributed by atoms with Crippen LogP contribution < -0.4 is 15.4 Å². The molecule has 2 rings (SSSR count). The van der Waals surface area contributed by atoms with Gasteiger partial charge < -0.3 is 24.8 Å². The molecule has 0 unspecified atom stereocenters. The van der Waals surface area contributed by atoms with Crippen LogP contribution in [0.4, 0.5) is 11.4 Å². The summed E-state index contributed by atoms with van der Waals surface area (Å²) in [4.78, 5) is 35.5. The van der Waals surface area contributed by atoms with Crippen LogP contribution in [0.25, 0.3) is 10.8 Å². The zero-order valence-electron chi connectivity index (χ0n) is 18.6. The van der Waals surface area contributed by atoms with Crippen LogP contribution in [0.15, 0.2) is 30.3 Å². The third-order valence-electron chi connectivity index (χ3n) is 4.66. The molecule has 1 atom stereocenters. The number of ether oxygens (including phenoxy) is 3. The second kappa shape index (κ2) is 11.2. The Morgan fingerprint density at radius 2 is 1.77 bits per heavy atom. The average Bonchev–Trinajstić information content (AvgIpc) is 2.72. The smallest absolute Gasteiger partial charge is 0.328 e. The maximum absolute atomic E-state index is 12.3. The van der Waals surface area contributed by atoms with Crippen molar-refractivity contribution >= 4 is 40.0 Å². The lowest BCUT2D eigenvalue weighted by Crippen LogP contribution is -2.33. The van der Waals surface area contributed by atoms with Gasteiger partial charge in [0.1, 0.15) is 11.8 Å². The van der Waals surface area contributed by atoms with Gasteiger partial charge >= 0.3 is 11.9 Å². The highest BCUT2D eigenvalue weighted by molar-refractivity contribution is 6.01. The maximum Gasteiger partial charge on any atom is 0.328 e. The number of carbonyl (C=O) groups is 3. The minimum atomic E-state index is -0.953. The fourth-order valence-electron chi connectivity index (χ4n) is 3.02. The number of amides is 1. The minimum Gasteiger partial charge on any atom is -0.491 e. The summed E-state index contributed by atoms with van der Waals surface area (Å²) in [7, 11) is 2.52. The van der Waals surface area contributed by atoms with Crippen molar-refractivity contribution in [1.29, 1.82) is 0 Å². The van der Waals surface area contributed by atoms with E-state index in [0.717, 1.165) is 17.2 Å². The lowest BCUT2D eigenvalue weighted by Gasteiger charge is -2.21. The molecule has 1 amide bonds. The largest absolute Gasteiger partial charge is 0.491 e. The Hall–Kier alpha value is -3.29. The SMILES string of the molecule is COC(=O)C[C@H](Nc1c(OCCC(C)C)ccc2cc(NC(C)=O)ccc12)C(=O)OC. The first-order valence-corrected chi connectivity index (χ1v) is 10.1. The summed E-state index contributed by atoms with van der Waals surface area (Å²) in [6, 6.07) is 8.14. The fourth-order valence-corrected chi connectivity index (χ4v) is 3.02. The minimum absolute atomic E-state index is 0.171. The number of anilines is 2. The van der Waals surface area contributed by atoms with Crippen molar-refractivity contribution in [2.24, 2.45) is 5.92 Å². The number of benzene rings is 2. The van der Waals surface area contributed by atoms with E-state index in [4.69, 9.17) is 14.2 Å². The summed E-state index contributed by atoms with van der Waals surface area (Å²) in [5, 5.41) is 7.47. The van der Waals surface area contributed by atoms with E-state index < -0.39 is 18.0 Å². The van der Waals surface area contributed by atoms with Gasteiger partial charge in [0.2, 0.25) is 5.91 Å². The summed E-state index contributed by atoms with van der Waals surface area (Å²) in [6.07, 6.45) is 0.663. The van der Waals surface area contributed by atoms with Gasteiger partial charge in [0.15, 0.2) is 0 Å². The van der Waals surface area contributed by atoms with Gasteiger partial charge in [-0.2, -0.15) is 0 Å². The normalized spacial score (nSPS) is 11.7. The summed E-state index contributed by atoms with van der Waals surface area (Å²) >= 11 is 0. The van der Waals surface area contributed by atoms with Crippen molar-refractivity contribution < 1.29 is 28.6 Å². The molecule has 0 heterocycles. The molecule has 0 aliphatic heterocycles. The van der Waals surface area contributed by atoms with Crippen molar-refractivity contribution in [3.05, 3.63) is 30.3 Å². The molecule has 168 valence electrons. The van der Waals surface area contributed by atoms with Crippen LogP contribution in [-0.2, 0) is 23.9 Å². The Bertz CT molecular complexity index is 941. The van der Waals surface area contributed by atoms with E-state index in [9.17, 15) is 14.4 Å². The molecule has 0 aromatic heterocycles. The monoisotopic (exact) mass is 430 g/mol. The maximum atomic E-state index is 12.3. The van der Waals surface area contributed by atoms with E-state index in [1.54, 1.807) is 12.1 Å². The highest BCUT2D eigenvalue weighted by atomic mass is 16.5. The van der Waals surface area contributed by atoms with Crippen molar-refractivity contribution in [1.82, 2.24) is 0 Å². The number of hydrogen-bond acceptors (Lipinski definition) is 7. The fraction of sp³-hybridized carbons (Fsp3) is 0.435. The zero-order valence-corrected chi connectivity index (χ0v) is 18.6. The van der Waals surface area contributed by atoms with Crippen LogP contribution in [0.2, 0.25) is 0 Å². The number of hydrogen-bond donors (Lipinski definition) is 2.